The Bertz CT molecular complexity index is 882. The number of tetrazole rings is 1. The average Bonchev–Trinajstić information content (AvgIpc) is 3.22. The first-order chi connectivity index (χ1) is 12.6. The zero-order valence-electron chi connectivity index (χ0n) is 14.9. The van der Waals surface area contributed by atoms with Crippen molar-refractivity contribution in [3.8, 4) is 0 Å². The van der Waals surface area contributed by atoms with Crippen molar-refractivity contribution in [1.82, 2.24) is 34.9 Å². The van der Waals surface area contributed by atoms with Crippen LogP contribution in [0.2, 0.25) is 0 Å². The first kappa shape index (κ1) is 16.4. The van der Waals surface area contributed by atoms with Crippen LogP contribution < -0.4 is 0 Å². The summed E-state index contributed by atoms with van der Waals surface area (Å²) in [4.78, 5) is 14.9. The number of rotatable bonds is 5. The van der Waals surface area contributed by atoms with Crippen LogP contribution >= 0.6 is 0 Å². The Morgan fingerprint density at radius 3 is 2.62 bits per heavy atom. The lowest BCUT2D eigenvalue weighted by molar-refractivity contribution is -0.141. The summed E-state index contributed by atoms with van der Waals surface area (Å²) < 4.78 is 3.56. The normalized spacial score (nSPS) is 15.7. The molecule has 3 aromatic rings. The fourth-order valence-corrected chi connectivity index (χ4v) is 3.46. The molecule has 134 valence electrons. The summed E-state index contributed by atoms with van der Waals surface area (Å²) in [7, 11) is 0. The first-order valence-electron chi connectivity index (χ1n) is 8.70. The maximum absolute atomic E-state index is 13.1. The van der Waals surface area contributed by atoms with E-state index in [-0.39, 0.29) is 11.9 Å². The van der Waals surface area contributed by atoms with E-state index in [0.717, 1.165) is 17.0 Å². The van der Waals surface area contributed by atoms with Gasteiger partial charge in [-0.15, -0.1) is 5.10 Å². The summed E-state index contributed by atoms with van der Waals surface area (Å²) in [6.07, 6.45) is 2.07. The van der Waals surface area contributed by atoms with Gasteiger partial charge in [-0.3, -0.25) is 9.48 Å². The highest BCUT2D eigenvalue weighted by Gasteiger charge is 2.37. The van der Waals surface area contributed by atoms with Gasteiger partial charge in [-0.2, -0.15) is 5.10 Å². The highest BCUT2D eigenvalue weighted by molar-refractivity contribution is 5.81. The maximum atomic E-state index is 13.1. The number of hydrogen-bond acceptors (Lipinski definition) is 5. The number of likely N-dealkylation sites (tertiary alicyclic amines) is 1. The minimum absolute atomic E-state index is 0.0407. The Hall–Kier alpha value is -3.03. The average molecular weight is 351 g/mol. The fourth-order valence-electron chi connectivity index (χ4n) is 3.46. The van der Waals surface area contributed by atoms with Gasteiger partial charge in [-0.05, 0) is 35.9 Å². The number of carbonyl (C=O) groups is 1. The van der Waals surface area contributed by atoms with Crippen LogP contribution in [0.25, 0.3) is 0 Å². The summed E-state index contributed by atoms with van der Waals surface area (Å²) in [6, 6.07) is 11.8. The molecule has 1 aliphatic rings. The van der Waals surface area contributed by atoms with Gasteiger partial charge in [0.05, 0.1) is 11.7 Å². The Morgan fingerprint density at radius 2 is 2.00 bits per heavy atom. The molecule has 0 radical (unpaired) electrons. The van der Waals surface area contributed by atoms with Crippen LogP contribution in [-0.4, -0.2) is 53.9 Å². The molecule has 8 nitrogen and oxygen atoms in total. The molecule has 1 atom stereocenters. The molecule has 0 bridgehead atoms. The van der Waals surface area contributed by atoms with Crippen molar-refractivity contribution in [2.45, 2.75) is 32.4 Å². The third-order valence-corrected chi connectivity index (χ3v) is 4.81. The molecule has 4 rings (SSSR count). The third kappa shape index (κ3) is 3.10. The number of carbonyl (C=O) groups excluding carboxylic acids is 1. The minimum atomic E-state index is -0.436. The van der Waals surface area contributed by atoms with Crippen LogP contribution in [0.3, 0.4) is 0 Å². The molecule has 0 N–H and O–H groups in total. The van der Waals surface area contributed by atoms with E-state index in [2.05, 4.69) is 26.7 Å². The van der Waals surface area contributed by atoms with Crippen molar-refractivity contribution >= 4 is 5.91 Å². The molecule has 26 heavy (non-hydrogen) atoms. The first-order valence-corrected chi connectivity index (χ1v) is 8.70. The van der Waals surface area contributed by atoms with Crippen molar-refractivity contribution in [2.75, 3.05) is 13.1 Å². The van der Waals surface area contributed by atoms with Crippen LogP contribution in [0.15, 0.2) is 42.7 Å². The predicted octanol–water partition coefficient (Wildman–Crippen LogP) is 1.35. The summed E-state index contributed by atoms with van der Waals surface area (Å²) in [5.41, 5.74) is 3.21. The Kier molecular flexibility index (Phi) is 4.24. The Morgan fingerprint density at radius 1 is 1.23 bits per heavy atom. The zero-order chi connectivity index (χ0) is 18.1. The van der Waals surface area contributed by atoms with E-state index in [1.165, 1.54) is 6.33 Å². The molecule has 0 spiro atoms. The van der Waals surface area contributed by atoms with Gasteiger partial charge >= 0.3 is 0 Å². The largest absolute Gasteiger partial charge is 0.336 e. The molecule has 0 saturated carbocycles. The van der Waals surface area contributed by atoms with E-state index in [4.69, 9.17) is 0 Å². The molecule has 1 saturated heterocycles. The third-order valence-electron chi connectivity index (χ3n) is 4.81. The lowest BCUT2D eigenvalue weighted by Gasteiger charge is -2.41. The molecule has 2 aromatic heterocycles. The van der Waals surface area contributed by atoms with Crippen molar-refractivity contribution in [1.29, 1.82) is 0 Å². The number of benzene rings is 1. The van der Waals surface area contributed by atoms with E-state index in [1.807, 2.05) is 53.8 Å². The molecule has 0 aliphatic carbocycles. The number of nitrogens with zero attached hydrogens (tertiary/aromatic N) is 7. The summed E-state index contributed by atoms with van der Waals surface area (Å²) in [5, 5.41) is 15.9. The Labute approximate surface area is 151 Å². The van der Waals surface area contributed by atoms with Gasteiger partial charge in [0.2, 0.25) is 5.91 Å². The molecule has 3 heterocycles. The van der Waals surface area contributed by atoms with E-state index in [0.29, 0.717) is 19.5 Å². The van der Waals surface area contributed by atoms with Crippen molar-refractivity contribution in [2.24, 2.45) is 0 Å². The van der Waals surface area contributed by atoms with Crippen molar-refractivity contribution in [3.05, 3.63) is 59.7 Å². The smallest absolute Gasteiger partial charge is 0.248 e. The molecule has 1 amide bonds. The summed E-state index contributed by atoms with van der Waals surface area (Å²) >= 11 is 0. The monoisotopic (exact) mass is 351 g/mol. The SMILES string of the molecule is Cc1cc(C)n(C2CN(C(=O)[C@@H](Cc3ccccc3)n3cnnn3)C2)n1. The second-order valence-electron chi connectivity index (χ2n) is 6.76. The van der Waals surface area contributed by atoms with Crippen LogP contribution in [-0.2, 0) is 11.2 Å². The van der Waals surface area contributed by atoms with Crippen LogP contribution in [0, 0.1) is 13.8 Å². The number of hydrogen-bond donors (Lipinski definition) is 0. The standard InChI is InChI=1S/C18H21N7O/c1-13-8-14(2)25(20-13)16-10-23(11-16)18(26)17(24-12-19-21-22-24)9-15-6-4-3-5-7-15/h3-8,12,16-17H,9-11H2,1-2H3/t17-/m1/s1. The van der Waals surface area contributed by atoms with Crippen LogP contribution in [0.1, 0.15) is 29.0 Å². The van der Waals surface area contributed by atoms with Gasteiger partial charge in [0.1, 0.15) is 12.4 Å². The number of aryl methyl sites for hydroxylation is 2. The summed E-state index contributed by atoms with van der Waals surface area (Å²) in [6.45, 7) is 5.35. The molecule has 1 aliphatic heterocycles. The van der Waals surface area contributed by atoms with Crippen LogP contribution in [0.4, 0.5) is 0 Å². The van der Waals surface area contributed by atoms with Crippen molar-refractivity contribution < 1.29 is 4.79 Å². The highest BCUT2D eigenvalue weighted by atomic mass is 16.2. The quantitative estimate of drug-likeness (QED) is 0.693. The number of amides is 1. The fraction of sp³-hybridized carbons (Fsp3) is 0.389. The number of aromatic nitrogens is 6. The van der Waals surface area contributed by atoms with Gasteiger partial charge in [0.15, 0.2) is 0 Å². The lowest BCUT2D eigenvalue weighted by Crippen LogP contribution is -2.53. The predicted molar refractivity (Wildman–Crippen MR) is 94.3 cm³/mol. The zero-order valence-corrected chi connectivity index (χ0v) is 14.9. The van der Waals surface area contributed by atoms with E-state index >= 15 is 0 Å². The summed E-state index contributed by atoms with van der Waals surface area (Å²) in [5.74, 6) is 0.0407. The van der Waals surface area contributed by atoms with E-state index < -0.39 is 6.04 Å². The van der Waals surface area contributed by atoms with Gasteiger partial charge in [-0.1, -0.05) is 30.3 Å². The van der Waals surface area contributed by atoms with Gasteiger partial charge in [0, 0.05) is 25.2 Å². The minimum Gasteiger partial charge on any atom is -0.336 e. The Balaban J connectivity index is 1.48. The van der Waals surface area contributed by atoms with Gasteiger partial charge in [-0.25, -0.2) is 4.68 Å². The lowest BCUT2D eigenvalue weighted by atomic mass is 10.0. The molecule has 8 heteroatoms. The van der Waals surface area contributed by atoms with Crippen molar-refractivity contribution in [3.63, 3.8) is 0 Å². The topological polar surface area (TPSA) is 81.7 Å². The second kappa shape index (κ2) is 6.70. The van der Waals surface area contributed by atoms with Gasteiger partial charge < -0.3 is 4.90 Å². The molecule has 1 fully saturated rings. The van der Waals surface area contributed by atoms with Crippen LogP contribution in [0.5, 0.6) is 0 Å². The van der Waals surface area contributed by atoms with E-state index in [9.17, 15) is 4.79 Å². The second-order valence-corrected chi connectivity index (χ2v) is 6.76. The molecule has 0 unspecified atom stereocenters. The maximum Gasteiger partial charge on any atom is 0.248 e. The molecule has 1 aromatic carbocycles. The van der Waals surface area contributed by atoms with Gasteiger partial charge in [0.25, 0.3) is 0 Å². The highest BCUT2D eigenvalue weighted by Crippen LogP contribution is 2.26. The molecular formula is C18H21N7O. The van der Waals surface area contributed by atoms with E-state index in [1.54, 1.807) is 4.68 Å². The molecular weight excluding hydrogens is 330 g/mol.